The molecule has 0 bridgehead atoms. The first kappa shape index (κ1) is 15.2. The highest BCUT2D eigenvalue weighted by atomic mass is 16.1. The zero-order valence-corrected chi connectivity index (χ0v) is 12.9. The smallest absolute Gasteiger partial charge is 0.153 e. The highest BCUT2D eigenvalue weighted by Crippen LogP contribution is 2.34. The molecule has 1 fully saturated rings. The summed E-state index contributed by atoms with van der Waals surface area (Å²) in [5.41, 5.74) is 1.16. The first-order chi connectivity index (χ1) is 9.65. The van der Waals surface area contributed by atoms with Gasteiger partial charge in [0, 0.05) is 6.42 Å². The topological polar surface area (TPSA) is 20.3 Å². The lowest BCUT2D eigenvalue weighted by Gasteiger charge is -2.41. The highest BCUT2D eigenvalue weighted by Gasteiger charge is 2.40. The van der Waals surface area contributed by atoms with Crippen molar-refractivity contribution in [3.8, 4) is 0 Å². The Morgan fingerprint density at radius 1 is 1.10 bits per heavy atom. The maximum absolute atomic E-state index is 12.7. The van der Waals surface area contributed by atoms with E-state index in [2.05, 4.69) is 43.3 Å². The fourth-order valence-corrected chi connectivity index (χ4v) is 3.44. The van der Waals surface area contributed by atoms with Crippen LogP contribution in [0.2, 0.25) is 0 Å². The van der Waals surface area contributed by atoms with Crippen molar-refractivity contribution in [1.82, 2.24) is 4.90 Å². The molecule has 1 aliphatic carbocycles. The number of carbonyl (C=O) groups is 1. The van der Waals surface area contributed by atoms with Crippen LogP contribution in [0.4, 0.5) is 0 Å². The van der Waals surface area contributed by atoms with Crippen molar-refractivity contribution in [1.29, 1.82) is 0 Å². The van der Waals surface area contributed by atoms with Crippen molar-refractivity contribution in [2.24, 2.45) is 0 Å². The van der Waals surface area contributed by atoms with Gasteiger partial charge in [-0.05, 0) is 45.3 Å². The predicted octanol–water partition coefficient (Wildman–Crippen LogP) is 3.84. The molecule has 1 saturated carbocycles. The molecule has 2 heteroatoms. The van der Waals surface area contributed by atoms with Crippen LogP contribution >= 0.6 is 0 Å². The second-order valence-corrected chi connectivity index (χ2v) is 6.25. The molecule has 0 amide bonds. The molecule has 0 heterocycles. The van der Waals surface area contributed by atoms with E-state index in [9.17, 15) is 4.79 Å². The molecule has 110 valence electrons. The minimum absolute atomic E-state index is 0.172. The molecule has 0 unspecified atom stereocenters. The van der Waals surface area contributed by atoms with Crippen LogP contribution in [0.5, 0.6) is 0 Å². The van der Waals surface area contributed by atoms with Gasteiger partial charge in [0.1, 0.15) is 0 Å². The number of Topliss-reactive ketones (excluding diaryl/α,β-unsaturated/α-hetero) is 1. The van der Waals surface area contributed by atoms with Crippen LogP contribution < -0.4 is 0 Å². The Morgan fingerprint density at radius 3 is 2.35 bits per heavy atom. The molecule has 1 aromatic rings. The minimum atomic E-state index is -0.172. The molecule has 0 spiro atoms. The Kier molecular flexibility index (Phi) is 5.36. The van der Waals surface area contributed by atoms with Gasteiger partial charge >= 0.3 is 0 Å². The first-order valence-corrected chi connectivity index (χ1v) is 7.90. The van der Waals surface area contributed by atoms with Gasteiger partial charge in [0.15, 0.2) is 5.78 Å². The average molecular weight is 273 g/mol. The zero-order valence-electron chi connectivity index (χ0n) is 12.9. The van der Waals surface area contributed by atoms with Crippen LogP contribution in [-0.4, -0.2) is 30.3 Å². The second kappa shape index (κ2) is 7.03. The Morgan fingerprint density at radius 2 is 1.75 bits per heavy atom. The van der Waals surface area contributed by atoms with Crippen molar-refractivity contribution >= 4 is 5.78 Å². The molecule has 0 atom stereocenters. The van der Waals surface area contributed by atoms with Gasteiger partial charge in [-0.25, -0.2) is 0 Å². The molecule has 1 aromatic carbocycles. The molecule has 1 aliphatic rings. The summed E-state index contributed by atoms with van der Waals surface area (Å²) in [5.74, 6) is 0.457. The van der Waals surface area contributed by atoms with Crippen molar-refractivity contribution in [3.63, 3.8) is 0 Å². The minimum Gasteiger partial charge on any atom is -0.298 e. The van der Waals surface area contributed by atoms with E-state index >= 15 is 0 Å². The second-order valence-electron chi connectivity index (χ2n) is 6.25. The fraction of sp³-hybridized carbons (Fsp3) is 0.611. The number of benzene rings is 1. The number of nitrogens with zero attached hydrogens (tertiary/aromatic N) is 1. The fourth-order valence-electron chi connectivity index (χ4n) is 3.44. The molecular formula is C18H27NO. The highest BCUT2D eigenvalue weighted by molar-refractivity contribution is 5.88. The number of likely N-dealkylation sites (N-methyl/N-ethyl adjacent to an activating group) is 1. The van der Waals surface area contributed by atoms with E-state index < -0.39 is 0 Å². The van der Waals surface area contributed by atoms with E-state index in [4.69, 9.17) is 0 Å². The van der Waals surface area contributed by atoms with E-state index in [1.54, 1.807) is 0 Å². The summed E-state index contributed by atoms with van der Waals surface area (Å²) >= 11 is 0. The molecule has 0 radical (unpaired) electrons. The Labute approximate surface area is 123 Å². The normalized spacial score (nSPS) is 18.1. The SMILES string of the molecule is CN(C)C1(C(=O)CCCc2ccccc2)CCCCC1. The lowest BCUT2D eigenvalue weighted by Crippen LogP contribution is -2.52. The van der Waals surface area contributed by atoms with Crippen LogP contribution in [-0.2, 0) is 11.2 Å². The summed E-state index contributed by atoms with van der Waals surface area (Å²) in [6.45, 7) is 0. The van der Waals surface area contributed by atoms with Crippen molar-refractivity contribution < 1.29 is 4.79 Å². The van der Waals surface area contributed by atoms with Crippen LogP contribution in [0.25, 0.3) is 0 Å². The summed E-state index contributed by atoms with van der Waals surface area (Å²) < 4.78 is 0. The van der Waals surface area contributed by atoms with Gasteiger partial charge in [0.2, 0.25) is 0 Å². The van der Waals surface area contributed by atoms with E-state index in [-0.39, 0.29) is 5.54 Å². The lowest BCUT2D eigenvalue weighted by atomic mass is 9.76. The molecule has 0 N–H and O–H groups in total. The third-order valence-electron chi connectivity index (χ3n) is 4.77. The summed E-state index contributed by atoms with van der Waals surface area (Å²) in [5, 5.41) is 0. The third kappa shape index (κ3) is 3.49. The standard InChI is InChI=1S/C18H27NO/c1-19(2)18(14-7-4-8-15-18)17(20)13-9-12-16-10-5-3-6-11-16/h3,5-6,10-11H,4,7-9,12-15H2,1-2H3. The van der Waals surface area contributed by atoms with Crippen molar-refractivity contribution in [3.05, 3.63) is 35.9 Å². The zero-order chi connectivity index (χ0) is 14.4. The Balaban J connectivity index is 1.89. The van der Waals surface area contributed by atoms with Crippen LogP contribution in [0, 0.1) is 0 Å². The Bertz CT molecular complexity index is 418. The van der Waals surface area contributed by atoms with Gasteiger partial charge in [-0.3, -0.25) is 9.69 Å². The van der Waals surface area contributed by atoms with Crippen molar-refractivity contribution in [2.75, 3.05) is 14.1 Å². The summed E-state index contributed by atoms with van der Waals surface area (Å²) in [6, 6.07) is 10.5. The van der Waals surface area contributed by atoms with Gasteiger partial charge in [-0.15, -0.1) is 0 Å². The van der Waals surface area contributed by atoms with E-state index in [0.29, 0.717) is 12.2 Å². The van der Waals surface area contributed by atoms with Crippen LogP contribution in [0.15, 0.2) is 30.3 Å². The van der Waals surface area contributed by atoms with Gasteiger partial charge in [0.05, 0.1) is 5.54 Å². The van der Waals surface area contributed by atoms with Crippen molar-refractivity contribution in [2.45, 2.75) is 56.9 Å². The largest absolute Gasteiger partial charge is 0.298 e. The number of ketones is 1. The Hall–Kier alpha value is -1.15. The summed E-state index contributed by atoms with van der Waals surface area (Å²) in [6.07, 6.45) is 8.47. The van der Waals surface area contributed by atoms with Crippen LogP contribution in [0.3, 0.4) is 0 Å². The van der Waals surface area contributed by atoms with E-state index in [0.717, 1.165) is 25.7 Å². The molecule has 0 saturated heterocycles. The number of hydrogen-bond acceptors (Lipinski definition) is 2. The monoisotopic (exact) mass is 273 g/mol. The summed E-state index contributed by atoms with van der Waals surface area (Å²) in [7, 11) is 4.14. The maximum atomic E-state index is 12.7. The first-order valence-electron chi connectivity index (χ1n) is 7.90. The quantitative estimate of drug-likeness (QED) is 0.785. The molecule has 2 nitrogen and oxygen atoms in total. The third-order valence-corrected chi connectivity index (χ3v) is 4.77. The molecule has 2 rings (SSSR count). The van der Waals surface area contributed by atoms with Gasteiger partial charge in [0.25, 0.3) is 0 Å². The van der Waals surface area contributed by atoms with Gasteiger partial charge < -0.3 is 0 Å². The van der Waals surface area contributed by atoms with Crippen LogP contribution in [0.1, 0.15) is 50.5 Å². The molecule has 0 aromatic heterocycles. The van der Waals surface area contributed by atoms with E-state index in [1.165, 1.54) is 24.8 Å². The number of rotatable bonds is 6. The number of hydrogen-bond donors (Lipinski definition) is 0. The predicted molar refractivity (Wildman–Crippen MR) is 83.9 cm³/mol. The number of aryl methyl sites for hydroxylation is 1. The average Bonchev–Trinajstić information content (AvgIpc) is 2.48. The molecule has 20 heavy (non-hydrogen) atoms. The lowest BCUT2D eigenvalue weighted by molar-refractivity contribution is -0.132. The number of carbonyl (C=O) groups excluding carboxylic acids is 1. The molecule has 0 aliphatic heterocycles. The van der Waals surface area contributed by atoms with Gasteiger partial charge in [-0.2, -0.15) is 0 Å². The van der Waals surface area contributed by atoms with E-state index in [1.807, 2.05) is 6.07 Å². The maximum Gasteiger partial charge on any atom is 0.153 e. The van der Waals surface area contributed by atoms with Gasteiger partial charge in [-0.1, -0.05) is 49.6 Å². The molecular weight excluding hydrogens is 246 g/mol. The summed E-state index contributed by atoms with van der Waals surface area (Å²) in [4.78, 5) is 14.9.